The molecule has 1 aromatic rings. The van der Waals surface area contributed by atoms with E-state index >= 15 is 0 Å². The molecule has 1 aromatic carbocycles. The van der Waals surface area contributed by atoms with Gasteiger partial charge in [-0.15, -0.1) is 0 Å². The van der Waals surface area contributed by atoms with Gasteiger partial charge in [0, 0.05) is 13.2 Å². The SMILES string of the molecule is CCOCC(C)Oc1ccc(CN)cc1F. The second-order valence-electron chi connectivity index (χ2n) is 3.56. The van der Waals surface area contributed by atoms with E-state index in [0.717, 1.165) is 5.56 Å². The van der Waals surface area contributed by atoms with E-state index < -0.39 is 0 Å². The highest BCUT2D eigenvalue weighted by Crippen LogP contribution is 2.19. The summed E-state index contributed by atoms with van der Waals surface area (Å²) in [5.74, 6) is -0.143. The van der Waals surface area contributed by atoms with Gasteiger partial charge in [-0.3, -0.25) is 0 Å². The summed E-state index contributed by atoms with van der Waals surface area (Å²) in [6.07, 6.45) is -0.168. The first-order valence-corrected chi connectivity index (χ1v) is 5.40. The molecule has 90 valence electrons. The van der Waals surface area contributed by atoms with Crippen molar-refractivity contribution in [2.45, 2.75) is 26.5 Å². The van der Waals surface area contributed by atoms with Crippen LogP contribution in [0.1, 0.15) is 19.4 Å². The topological polar surface area (TPSA) is 44.5 Å². The highest BCUT2D eigenvalue weighted by Gasteiger charge is 2.08. The lowest BCUT2D eigenvalue weighted by Crippen LogP contribution is -2.19. The molecule has 1 rings (SSSR count). The van der Waals surface area contributed by atoms with Crippen molar-refractivity contribution in [1.29, 1.82) is 0 Å². The van der Waals surface area contributed by atoms with Crippen LogP contribution in [0.3, 0.4) is 0 Å². The van der Waals surface area contributed by atoms with Crippen LogP contribution in [0, 0.1) is 5.82 Å². The fourth-order valence-electron chi connectivity index (χ4n) is 1.30. The number of hydrogen-bond acceptors (Lipinski definition) is 3. The molecule has 0 aliphatic carbocycles. The summed E-state index contributed by atoms with van der Waals surface area (Å²) in [6.45, 7) is 5.15. The van der Waals surface area contributed by atoms with Crippen LogP contribution in [-0.4, -0.2) is 19.3 Å². The van der Waals surface area contributed by atoms with Gasteiger partial charge in [0.25, 0.3) is 0 Å². The Morgan fingerprint density at radius 3 is 2.75 bits per heavy atom. The van der Waals surface area contributed by atoms with Crippen LogP contribution in [-0.2, 0) is 11.3 Å². The van der Waals surface area contributed by atoms with Crippen molar-refractivity contribution in [2.75, 3.05) is 13.2 Å². The largest absolute Gasteiger partial charge is 0.485 e. The maximum atomic E-state index is 13.5. The van der Waals surface area contributed by atoms with Gasteiger partial charge >= 0.3 is 0 Å². The maximum Gasteiger partial charge on any atom is 0.165 e. The highest BCUT2D eigenvalue weighted by atomic mass is 19.1. The van der Waals surface area contributed by atoms with Crippen LogP contribution in [0.15, 0.2) is 18.2 Å². The molecule has 0 aliphatic rings. The fourth-order valence-corrected chi connectivity index (χ4v) is 1.30. The summed E-state index contributed by atoms with van der Waals surface area (Å²) in [7, 11) is 0. The van der Waals surface area contributed by atoms with Gasteiger partial charge in [-0.2, -0.15) is 0 Å². The van der Waals surface area contributed by atoms with E-state index in [9.17, 15) is 4.39 Å². The zero-order valence-corrected chi connectivity index (χ0v) is 9.70. The average Bonchev–Trinajstić information content (AvgIpc) is 2.29. The molecule has 3 nitrogen and oxygen atoms in total. The molecule has 2 N–H and O–H groups in total. The normalized spacial score (nSPS) is 12.5. The summed E-state index contributed by atoms with van der Waals surface area (Å²) >= 11 is 0. The average molecular weight is 227 g/mol. The summed E-state index contributed by atoms with van der Waals surface area (Å²) in [5, 5.41) is 0. The standard InChI is InChI=1S/C12H18FNO2/c1-3-15-8-9(2)16-12-5-4-10(7-14)6-11(12)13/h4-6,9H,3,7-8,14H2,1-2H3. The predicted molar refractivity (Wildman–Crippen MR) is 60.9 cm³/mol. The third kappa shape index (κ3) is 3.79. The van der Waals surface area contributed by atoms with Gasteiger partial charge in [0.05, 0.1) is 6.61 Å². The van der Waals surface area contributed by atoms with Crippen LogP contribution in [0.4, 0.5) is 4.39 Å². The monoisotopic (exact) mass is 227 g/mol. The molecule has 0 amide bonds. The van der Waals surface area contributed by atoms with E-state index in [1.807, 2.05) is 13.8 Å². The van der Waals surface area contributed by atoms with E-state index in [-0.39, 0.29) is 17.7 Å². The van der Waals surface area contributed by atoms with Gasteiger partial charge in [0.2, 0.25) is 0 Å². The first-order valence-electron chi connectivity index (χ1n) is 5.40. The maximum absolute atomic E-state index is 13.5. The Bertz CT molecular complexity index is 331. The first-order chi connectivity index (χ1) is 7.67. The molecule has 0 spiro atoms. The van der Waals surface area contributed by atoms with Crippen molar-refractivity contribution in [3.05, 3.63) is 29.6 Å². The Kier molecular flexibility index (Phi) is 5.22. The number of halogens is 1. The molecule has 0 saturated carbocycles. The molecule has 0 bridgehead atoms. The lowest BCUT2D eigenvalue weighted by atomic mass is 10.2. The number of hydrogen-bond donors (Lipinski definition) is 1. The van der Waals surface area contributed by atoms with Gasteiger partial charge in [0.1, 0.15) is 6.10 Å². The quantitative estimate of drug-likeness (QED) is 0.809. The minimum atomic E-state index is -0.383. The molecule has 0 radical (unpaired) electrons. The fraction of sp³-hybridized carbons (Fsp3) is 0.500. The summed E-state index contributed by atoms with van der Waals surface area (Å²) in [4.78, 5) is 0. The lowest BCUT2D eigenvalue weighted by molar-refractivity contribution is 0.0636. The lowest BCUT2D eigenvalue weighted by Gasteiger charge is -2.15. The van der Waals surface area contributed by atoms with Crippen molar-refractivity contribution in [1.82, 2.24) is 0 Å². The molecule has 0 fully saturated rings. The Balaban J connectivity index is 2.59. The van der Waals surface area contributed by atoms with E-state index in [0.29, 0.717) is 19.8 Å². The number of benzene rings is 1. The highest BCUT2D eigenvalue weighted by molar-refractivity contribution is 5.29. The van der Waals surface area contributed by atoms with E-state index in [1.54, 1.807) is 12.1 Å². The zero-order valence-electron chi connectivity index (χ0n) is 9.70. The molecule has 1 atom stereocenters. The van der Waals surface area contributed by atoms with E-state index in [2.05, 4.69) is 0 Å². The third-order valence-corrected chi connectivity index (χ3v) is 2.12. The third-order valence-electron chi connectivity index (χ3n) is 2.12. The van der Waals surface area contributed by atoms with Crippen molar-refractivity contribution in [3.8, 4) is 5.75 Å². The smallest absolute Gasteiger partial charge is 0.165 e. The number of ether oxygens (including phenoxy) is 2. The van der Waals surface area contributed by atoms with Crippen LogP contribution >= 0.6 is 0 Å². The minimum Gasteiger partial charge on any atom is -0.485 e. The predicted octanol–water partition coefficient (Wildman–Crippen LogP) is 2.09. The van der Waals surface area contributed by atoms with Crippen molar-refractivity contribution in [2.24, 2.45) is 5.73 Å². The van der Waals surface area contributed by atoms with Gasteiger partial charge in [-0.1, -0.05) is 6.07 Å². The second-order valence-corrected chi connectivity index (χ2v) is 3.56. The minimum absolute atomic E-state index is 0.168. The van der Waals surface area contributed by atoms with Crippen LogP contribution in [0.2, 0.25) is 0 Å². The van der Waals surface area contributed by atoms with Crippen LogP contribution < -0.4 is 10.5 Å². The van der Waals surface area contributed by atoms with E-state index in [1.165, 1.54) is 6.07 Å². The van der Waals surface area contributed by atoms with Gasteiger partial charge in [0.15, 0.2) is 11.6 Å². The van der Waals surface area contributed by atoms with Gasteiger partial charge in [-0.25, -0.2) is 4.39 Å². The van der Waals surface area contributed by atoms with Crippen molar-refractivity contribution in [3.63, 3.8) is 0 Å². The molecule has 0 aliphatic heterocycles. The second kappa shape index (κ2) is 6.45. The molecular formula is C12H18FNO2. The number of rotatable bonds is 6. The van der Waals surface area contributed by atoms with Crippen molar-refractivity contribution >= 4 is 0 Å². The Morgan fingerprint density at radius 2 is 2.19 bits per heavy atom. The van der Waals surface area contributed by atoms with Crippen LogP contribution in [0.5, 0.6) is 5.75 Å². The zero-order chi connectivity index (χ0) is 12.0. The molecule has 0 aromatic heterocycles. The molecule has 1 unspecified atom stereocenters. The Hall–Kier alpha value is -1.13. The van der Waals surface area contributed by atoms with Crippen molar-refractivity contribution < 1.29 is 13.9 Å². The molecule has 4 heteroatoms. The molecular weight excluding hydrogens is 209 g/mol. The first kappa shape index (κ1) is 12.9. The molecule has 0 saturated heterocycles. The summed E-state index contributed by atoms with van der Waals surface area (Å²) in [6, 6.07) is 4.74. The van der Waals surface area contributed by atoms with Gasteiger partial charge < -0.3 is 15.2 Å². The Labute approximate surface area is 95.4 Å². The van der Waals surface area contributed by atoms with Crippen LogP contribution in [0.25, 0.3) is 0 Å². The van der Waals surface area contributed by atoms with Gasteiger partial charge in [-0.05, 0) is 31.5 Å². The number of nitrogens with two attached hydrogens (primary N) is 1. The molecule has 16 heavy (non-hydrogen) atoms. The summed E-state index contributed by atoms with van der Waals surface area (Å²) in [5.41, 5.74) is 6.16. The van der Waals surface area contributed by atoms with E-state index in [4.69, 9.17) is 15.2 Å². The Morgan fingerprint density at radius 1 is 1.44 bits per heavy atom. The molecule has 0 heterocycles. The summed E-state index contributed by atoms with van der Waals surface area (Å²) < 4.78 is 24.1.